The lowest BCUT2D eigenvalue weighted by molar-refractivity contribution is -0.137. The fourth-order valence-electron chi connectivity index (χ4n) is 2.47. The maximum absolute atomic E-state index is 12.9. The van der Waals surface area contributed by atoms with Gasteiger partial charge >= 0.3 is 6.18 Å². The summed E-state index contributed by atoms with van der Waals surface area (Å²) in [7, 11) is 0. The van der Waals surface area contributed by atoms with Crippen molar-refractivity contribution in [2.45, 2.75) is 13.1 Å². The van der Waals surface area contributed by atoms with Crippen molar-refractivity contribution in [3.63, 3.8) is 0 Å². The highest BCUT2D eigenvalue weighted by molar-refractivity contribution is 6.30. The van der Waals surface area contributed by atoms with Crippen molar-refractivity contribution in [1.82, 2.24) is 9.78 Å². The Morgan fingerprint density at radius 3 is 2.44 bits per heavy atom. The molecule has 0 saturated carbocycles. The molecule has 1 heterocycles. The lowest BCUT2D eigenvalue weighted by Crippen LogP contribution is -2.23. The molecule has 0 N–H and O–H groups in total. The summed E-state index contributed by atoms with van der Waals surface area (Å²) in [6, 6.07) is 12.7. The van der Waals surface area contributed by atoms with E-state index >= 15 is 0 Å². The van der Waals surface area contributed by atoms with Gasteiger partial charge in [-0.15, -0.1) is 0 Å². The highest BCUT2D eigenvalue weighted by atomic mass is 35.5. The van der Waals surface area contributed by atoms with Crippen LogP contribution in [0.2, 0.25) is 5.02 Å². The average Bonchev–Trinajstić information content (AvgIpc) is 2.56. The summed E-state index contributed by atoms with van der Waals surface area (Å²) in [6.45, 7) is 1.66. The minimum Gasteiger partial charge on any atom is -0.267 e. The zero-order valence-electron chi connectivity index (χ0n) is 13.0. The van der Waals surface area contributed by atoms with E-state index in [9.17, 15) is 18.0 Å². The summed E-state index contributed by atoms with van der Waals surface area (Å²) in [5.41, 5.74) is -0.0820. The molecule has 0 unspecified atom stereocenters. The van der Waals surface area contributed by atoms with E-state index in [-0.39, 0.29) is 11.1 Å². The lowest BCUT2D eigenvalue weighted by Gasteiger charge is -2.11. The lowest BCUT2D eigenvalue weighted by atomic mass is 10.0. The molecule has 0 radical (unpaired) electrons. The Morgan fingerprint density at radius 2 is 1.76 bits per heavy atom. The predicted octanol–water partition coefficient (Wildman–Crippen LogP) is 4.88. The third kappa shape index (κ3) is 3.58. The molecule has 0 spiro atoms. The number of aryl methyl sites for hydroxylation is 1. The number of rotatable bonds is 2. The zero-order chi connectivity index (χ0) is 18.2. The normalized spacial score (nSPS) is 11.6. The van der Waals surface area contributed by atoms with Crippen LogP contribution >= 0.6 is 11.6 Å². The molecule has 3 aromatic rings. The smallest absolute Gasteiger partial charge is 0.267 e. The van der Waals surface area contributed by atoms with Crippen molar-refractivity contribution in [1.29, 1.82) is 0 Å². The Labute approximate surface area is 146 Å². The van der Waals surface area contributed by atoms with Crippen LogP contribution in [-0.4, -0.2) is 9.78 Å². The minimum atomic E-state index is -4.48. The van der Waals surface area contributed by atoms with Gasteiger partial charge in [-0.1, -0.05) is 29.8 Å². The summed E-state index contributed by atoms with van der Waals surface area (Å²) in [5.74, 6) is 0. The number of aromatic nitrogens is 2. The number of nitrogens with zero attached hydrogens (tertiary/aromatic N) is 2. The van der Waals surface area contributed by atoms with E-state index in [0.29, 0.717) is 16.4 Å². The largest absolute Gasteiger partial charge is 0.416 e. The van der Waals surface area contributed by atoms with Gasteiger partial charge in [0.2, 0.25) is 0 Å². The van der Waals surface area contributed by atoms with Crippen molar-refractivity contribution in [2.24, 2.45) is 0 Å². The Bertz CT molecular complexity index is 996. The summed E-state index contributed by atoms with van der Waals surface area (Å²) >= 11 is 5.95. The fourth-order valence-corrected chi connectivity index (χ4v) is 2.65. The molecule has 0 saturated heterocycles. The summed E-state index contributed by atoms with van der Waals surface area (Å²) in [6.07, 6.45) is -4.48. The van der Waals surface area contributed by atoms with E-state index < -0.39 is 17.3 Å². The molecular weight excluding hydrogens is 353 g/mol. The number of halogens is 4. The van der Waals surface area contributed by atoms with E-state index in [1.807, 2.05) is 0 Å². The van der Waals surface area contributed by atoms with E-state index in [2.05, 4.69) is 5.10 Å². The van der Waals surface area contributed by atoms with E-state index in [1.165, 1.54) is 18.2 Å². The van der Waals surface area contributed by atoms with Crippen LogP contribution in [0.1, 0.15) is 11.3 Å². The van der Waals surface area contributed by atoms with Crippen LogP contribution in [0.5, 0.6) is 0 Å². The molecule has 25 heavy (non-hydrogen) atoms. The minimum absolute atomic E-state index is 0.138. The van der Waals surface area contributed by atoms with Gasteiger partial charge in [-0.05, 0) is 48.9 Å². The number of hydrogen-bond donors (Lipinski definition) is 0. The SMILES string of the molecule is Cc1cc(-c2cccc(C(F)(F)F)c2)c(=O)n(-c2cccc(Cl)c2)n1. The second kappa shape index (κ2) is 6.37. The van der Waals surface area contributed by atoms with Gasteiger partial charge in [-0.2, -0.15) is 23.0 Å². The standard InChI is InChI=1S/C18H12ClF3N2O/c1-11-8-16(12-4-2-5-13(9-12)18(20,21)22)17(25)24(23-11)15-7-3-6-14(19)10-15/h2-10H,1H3. The first kappa shape index (κ1) is 17.2. The molecule has 0 aliphatic heterocycles. The van der Waals surface area contributed by atoms with Crippen LogP contribution in [0.15, 0.2) is 59.4 Å². The average molecular weight is 365 g/mol. The highest BCUT2D eigenvalue weighted by Crippen LogP contribution is 2.31. The number of alkyl halides is 3. The zero-order valence-corrected chi connectivity index (χ0v) is 13.8. The van der Waals surface area contributed by atoms with Gasteiger partial charge in [0.1, 0.15) is 0 Å². The van der Waals surface area contributed by atoms with Gasteiger partial charge in [-0.25, -0.2) is 0 Å². The molecule has 2 aromatic carbocycles. The number of benzene rings is 2. The monoisotopic (exact) mass is 364 g/mol. The molecule has 3 rings (SSSR count). The molecule has 0 fully saturated rings. The van der Waals surface area contributed by atoms with Crippen molar-refractivity contribution in [3.05, 3.63) is 81.2 Å². The van der Waals surface area contributed by atoms with Gasteiger partial charge in [0.05, 0.1) is 22.5 Å². The van der Waals surface area contributed by atoms with E-state index in [0.717, 1.165) is 16.8 Å². The highest BCUT2D eigenvalue weighted by Gasteiger charge is 2.30. The van der Waals surface area contributed by atoms with E-state index in [1.54, 1.807) is 31.2 Å². The molecule has 0 aliphatic carbocycles. The molecule has 0 atom stereocenters. The molecule has 3 nitrogen and oxygen atoms in total. The molecule has 7 heteroatoms. The van der Waals surface area contributed by atoms with Gasteiger partial charge in [0.25, 0.3) is 5.56 Å². The van der Waals surface area contributed by atoms with Crippen LogP contribution in [0, 0.1) is 6.92 Å². The van der Waals surface area contributed by atoms with Gasteiger partial charge in [0, 0.05) is 5.02 Å². The quantitative estimate of drug-likeness (QED) is 0.649. The van der Waals surface area contributed by atoms with Crippen LogP contribution in [0.25, 0.3) is 16.8 Å². The second-order valence-electron chi connectivity index (χ2n) is 5.47. The molecule has 128 valence electrons. The van der Waals surface area contributed by atoms with Crippen molar-refractivity contribution in [2.75, 3.05) is 0 Å². The first-order chi connectivity index (χ1) is 11.8. The topological polar surface area (TPSA) is 34.9 Å². The van der Waals surface area contributed by atoms with Crippen molar-refractivity contribution < 1.29 is 13.2 Å². The van der Waals surface area contributed by atoms with Crippen LogP contribution in [0.4, 0.5) is 13.2 Å². The van der Waals surface area contributed by atoms with Gasteiger partial charge in [0.15, 0.2) is 0 Å². The number of hydrogen-bond acceptors (Lipinski definition) is 2. The molecule has 0 bridgehead atoms. The summed E-state index contributed by atoms with van der Waals surface area (Å²) in [5, 5.41) is 4.59. The molecule has 0 aliphatic rings. The molecule has 1 aromatic heterocycles. The Hall–Kier alpha value is -2.60. The van der Waals surface area contributed by atoms with Crippen molar-refractivity contribution in [3.8, 4) is 16.8 Å². The Kier molecular flexibility index (Phi) is 4.39. The Balaban J connectivity index is 2.21. The van der Waals surface area contributed by atoms with Gasteiger partial charge in [-0.3, -0.25) is 4.79 Å². The fraction of sp³-hybridized carbons (Fsp3) is 0.111. The van der Waals surface area contributed by atoms with Gasteiger partial charge < -0.3 is 0 Å². The second-order valence-corrected chi connectivity index (χ2v) is 5.91. The third-order valence-corrected chi connectivity index (χ3v) is 3.82. The van der Waals surface area contributed by atoms with E-state index in [4.69, 9.17) is 11.6 Å². The Morgan fingerprint density at radius 1 is 1.04 bits per heavy atom. The predicted molar refractivity (Wildman–Crippen MR) is 90.0 cm³/mol. The molecular formula is C18H12ClF3N2O. The first-order valence-electron chi connectivity index (χ1n) is 7.30. The maximum Gasteiger partial charge on any atom is 0.416 e. The van der Waals surface area contributed by atoms with Crippen LogP contribution in [-0.2, 0) is 6.18 Å². The first-order valence-corrected chi connectivity index (χ1v) is 7.68. The third-order valence-electron chi connectivity index (χ3n) is 3.59. The van der Waals surface area contributed by atoms with Crippen molar-refractivity contribution >= 4 is 11.6 Å². The molecule has 0 amide bonds. The summed E-state index contributed by atoms with van der Waals surface area (Å²) < 4.78 is 40.0. The summed E-state index contributed by atoms with van der Waals surface area (Å²) in [4.78, 5) is 12.8. The van der Waals surface area contributed by atoms with Crippen LogP contribution in [0.3, 0.4) is 0 Å². The maximum atomic E-state index is 12.9. The van der Waals surface area contributed by atoms with Crippen LogP contribution < -0.4 is 5.56 Å².